The van der Waals surface area contributed by atoms with Crippen molar-refractivity contribution in [3.05, 3.63) is 29.6 Å². The Kier molecular flexibility index (Phi) is 2.59. The van der Waals surface area contributed by atoms with Crippen molar-refractivity contribution in [3.63, 3.8) is 0 Å². The van der Waals surface area contributed by atoms with E-state index >= 15 is 0 Å². The Morgan fingerprint density at radius 2 is 2.41 bits per heavy atom. The molecule has 4 heteroatoms. The maximum atomic E-state index is 12.4. The van der Waals surface area contributed by atoms with Crippen molar-refractivity contribution in [2.45, 2.75) is 19.4 Å². The van der Waals surface area contributed by atoms with Gasteiger partial charge in [0.25, 0.3) is 5.91 Å². The van der Waals surface area contributed by atoms with Crippen LogP contribution in [0.5, 0.6) is 0 Å². The maximum Gasteiger partial charge on any atom is 0.273 e. The summed E-state index contributed by atoms with van der Waals surface area (Å²) in [6.07, 6.45) is 2.82. The Balaban J connectivity index is 1.85. The van der Waals surface area contributed by atoms with Gasteiger partial charge in [0.05, 0.1) is 0 Å². The second kappa shape index (κ2) is 4.11. The number of nitrogens with one attached hydrogen (secondary N) is 1. The molecule has 0 aromatic carbocycles. The predicted octanol–water partition coefficient (Wildman–Crippen LogP) is 0.824. The second-order valence-corrected chi connectivity index (χ2v) is 4.94. The van der Waals surface area contributed by atoms with Gasteiger partial charge in [0.1, 0.15) is 5.69 Å². The number of aryl methyl sites for hydroxylation is 1. The van der Waals surface area contributed by atoms with Gasteiger partial charge in [0, 0.05) is 31.9 Å². The zero-order chi connectivity index (χ0) is 11.8. The van der Waals surface area contributed by atoms with Crippen LogP contribution in [0.1, 0.15) is 22.5 Å². The molecule has 3 heterocycles. The first-order valence-corrected chi connectivity index (χ1v) is 6.20. The first-order valence-electron chi connectivity index (χ1n) is 6.20. The van der Waals surface area contributed by atoms with Crippen molar-refractivity contribution in [2.24, 2.45) is 5.92 Å². The molecule has 4 nitrogen and oxygen atoms in total. The van der Waals surface area contributed by atoms with Crippen LogP contribution in [0.2, 0.25) is 0 Å². The first-order chi connectivity index (χ1) is 8.27. The molecule has 2 saturated heterocycles. The van der Waals surface area contributed by atoms with E-state index in [2.05, 4.69) is 10.3 Å². The molecule has 1 aromatic rings. The summed E-state index contributed by atoms with van der Waals surface area (Å²) in [4.78, 5) is 18.7. The van der Waals surface area contributed by atoms with E-state index in [0.29, 0.717) is 17.7 Å². The lowest BCUT2D eigenvalue weighted by Crippen LogP contribution is -2.39. The first kappa shape index (κ1) is 10.7. The molecule has 1 aromatic heterocycles. The van der Waals surface area contributed by atoms with Gasteiger partial charge in [-0.15, -0.1) is 0 Å². The van der Waals surface area contributed by atoms with Crippen LogP contribution < -0.4 is 5.32 Å². The molecule has 3 rings (SSSR count). The van der Waals surface area contributed by atoms with Crippen molar-refractivity contribution in [3.8, 4) is 0 Å². The summed E-state index contributed by atoms with van der Waals surface area (Å²) in [6.45, 7) is 4.81. The fourth-order valence-electron chi connectivity index (χ4n) is 2.95. The van der Waals surface area contributed by atoms with E-state index in [1.165, 1.54) is 0 Å². The Bertz CT molecular complexity index is 446. The van der Waals surface area contributed by atoms with Crippen molar-refractivity contribution >= 4 is 5.91 Å². The minimum atomic E-state index is 0.0966. The van der Waals surface area contributed by atoms with Crippen LogP contribution in [0.25, 0.3) is 0 Å². The molecule has 0 aliphatic carbocycles. The lowest BCUT2D eigenvalue weighted by atomic mass is 10.0. The Hall–Kier alpha value is -1.42. The highest BCUT2D eigenvalue weighted by molar-refractivity contribution is 5.94. The molecule has 0 spiro atoms. The number of likely N-dealkylation sites (tertiary alicyclic amines) is 1. The number of carbonyl (C=O) groups is 1. The molecule has 0 bridgehead atoms. The van der Waals surface area contributed by atoms with Gasteiger partial charge < -0.3 is 10.2 Å². The van der Waals surface area contributed by atoms with E-state index in [9.17, 15) is 4.79 Å². The fraction of sp³-hybridized carbons (Fsp3) is 0.538. The molecule has 0 radical (unpaired) electrons. The fourth-order valence-corrected chi connectivity index (χ4v) is 2.95. The summed E-state index contributed by atoms with van der Waals surface area (Å²) in [5.41, 5.74) is 1.58. The lowest BCUT2D eigenvalue weighted by molar-refractivity contribution is 0.0730. The largest absolute Gasteiger partial charge is 0.333 e. The minimum Gasteiger partial charge on any atom is -0.333 e. The summed E-state index contributed by atoms with van der Waals surface area (Å²) < 4.78 is 0. The molecule has 17 heavy (non-hydrogen) atoms. The predicted molar refractivity (Wildman–Crippen MR) is 64.8 cm³/mol. The molecule has 1 N–H and O–H groups in total. The van der Waals surface area contributed by atoms with E-state index in [-0.39, 0.29) is 5.91 Å². The molecular weight excluding hydrogens is 214 g/mol. The maximum absolute atomic E-state index is 12.4. The van der Waals surface area contributed by atoms with Gasteiger partial charge in [-0.1, -0.05) is 6.07 Å². The van der Waals surface area contributed by atoms with Crippen molar-refractivity contribution < 1.29 is 4.79 Å². The summed E-state index contributed by atoms with van der Waals surface area (Å²) >= 11 is 0. The number of amides is 1. The Morgan fingerprint density at radius 1 is 1.53 bits per heavy atom. The Morgan fingerprint density at radius 3 is 3.24 bits per heavy atom. The standard InChI is InChI=1S/C13H17N3O/c1-9-3-2-5-15-12(9)13(17)16-6-4-10-7-14-8-11(10)16/h2-3,5,10-11,14H,4,6-8H2,1H3/t10-,11+/m0/s1. The van der Waals surface area contributed by atoms with Crippen LogP contribution >= 0.6 is 0 Å². The average molecular weight is 231 g/mol. The van der Waals surface area contributed by atoms with Crippen LogP contribution in [0.4, 0.5) is 0 Å². The molecule has 0 unspecified atom stereocenters. The number of nitrogens with zero attached hydrogens (tertiary/aromatic N) is 2. The molecule has 90 valence electrons. The quantitative estimate of drug-likeness (QED) is 0.778. The highest BCUT2D eigenvalue weighted by Gasteiger charge is 2.40. The van der Waals surface area contributed by atoms with Crippen molar-refractivity contribution in [2.75, 3.05) is 19.6 Å². The molecular formula is C13H17N3O. The molecule has 2 atom stereocenters. The van der Waals surface area contributed by atoms with Gasteiger partial charge in [-0.3, -0.25) is 9.78 Å². The third kappa shape index (κ3) is 1.72. The number of carbonyl (C=O) groups excluding carboxylic acids is 1. The second-order valence-electron chi connectivity index (χ2n) is 4.94. The van der Waals surface area contributed by atoms with Crippen LogP contribution in [0.15, 0.2) is 18.3 Å². The minimum absolute atomic E-state index is 0.0966. The van der Waals surface area contributed by atoms with Gasteiger partial charge in [-0.05, 0) is 30.9 Å². The molecule has 0 saturated carbocycles. The highest BCUT2D eigenvalue weighted by atomic mass is 16.2. The van der Waals surface area contributed by atoms with Crippen molar-refractivity contribution in [1.29, 1.82) is 0 Å². The zero-order valence-corrected chi connectivity index (χ0v) is 10.0. The van der Waals surface area contributed by atoms with Gasteiger partial charge in [0.2, 0.25) is 0 Å². The summed E-state index contributed by atoms with van der Waals surface area (Å²) in [7, 11) is 0. The van der Waals surface area contributed by atoms with Crippen LogP contribution in [-0.4, -0.2) is 41.5 Å². The number of hydrogen-bond donors (Lipinski definition) is 1. The van der Waals surface area contributed by atoms with Crippen LogP contribution in [0.3, 0.4) is 0 Å². The number of fused-ring (bicyclic) bond motifs is 1. The third-order valence-corrected chi connectivity index (χ3v) is 3.92. The topological polar surface area (TPSA) is 45.2 Å². The number of rotatable bonds is 1. The SMILES string of the molecule is Cc1cccnc1C(=O)N1CC[C@H]2CNC[C@H]21. The zero-order valence-electron chi connectivity index (χ0n) is 10.0. The van der Waals surface area contributed by atoms with Crippen LogP contribution in [0, 0.1) is 12.8 Å². The van der Waals surface area contributed by atoms with Crippen molar-refractivity contribution in [1.82, 2.24) is 15.2 Å². The van der Waals surface area contributed by atoms with Crippen LogP contribution in [-0.2, 0) is 0 Å². The van der Waals surface area contributed by atoms with Gasteiger partial charge >= 0.3 is 0 Å². The van der Waals surface area contributed by atoms with E-state index in [1.54, 1.807) is 6.20 Å². The highest BCUT2D eigenvalue weighted by Crippen LogP contribution is 2.28. The molecule has 2 fully saturated rings. The van der Waals surface area contributed by atoms with E-state index < -0.39 is 0 Å². The monoisotopic (exact) mass is 231 g/mol. The van der Waals surface area contributed by atoms with Gasteiger partial charge in [-0.2, -0.15) is 0 Å². The smallest absolute Gasteiger partial charge is 0.273 e. The summed E-state index contributed by atoms with van der Waals surface area (Å²) in [5.74, 6) is 0.738. The molecule has 2 aliphatic heterocycles. The number of aromatic nitrogens is 1. The van der Waals surface area contributed by atoms with E-state index in [4.69, 9.17) is 0 Å². The normalized spacial score (nSPS) is 27.2. The summed E-state index contributed by atoms with van der Waals surface area (Å²) in [5, 5.41) is 3.36. The summed E-state index contributed by atoms with van der Waals surface area (Å²) in [6, 6.07) is 4.19. The molecule has 1 amide bonds. The number of pyridine rings is 1. The third-order valence-electron chi connectivity index (χ3n) is 3.92. The Labute approximate surface area is 101 Å². The molecule has 2 aliphatic rings. The van der Waals surface area contributed by atoms with E-state index in [0.717, 1.165) is 31.6 Å². The number of hydrogen-bond acceptors (Lipinski definition) is 3. The lowest BCUT2D eigenvalue weighted by Gasteiger charge is -2.23. The average Bonchev–Trinajstić information content (AvgIpc) is 2.90. The van der Waals surface area contributed by atoms with Gasteiger partial charge in [-0.25, -0.2) is 0 Å². The van der Waals surface area contributed by atoms with E-state index in [1.807, 2.05) is 24.0 Å². The van der Waals surface area contributed by atoms with Gasteiger partial charge in [0.15, 0.2) is 0 Å².